The first-order chi connectivity index (χ1) is 13.5. The van der Waals surface area contributed by atoms with Gasteiger partial charge in [0.15, 0.2) is 0 Å². The Morgan fingerprint density at radius 1 is 1.14 bits per heavy atom. The highest BCUT2D eigenvalue weighted by atomic mass is 19.1. The number of carbonyl (C=O) groups is 3. The molecule has 0 aromatic heterocycles. The molecule has 0 unspecified atom stereocenters. The smallest absolute Gasteiger partial charge is 0.256 e. The Kier molecular flexibility index (Phi) is 4.54. The minimum atomic E-state index is -0.691. The maximum Gasteiger partial charge on any atom is 0.256 e. The van der Waals surface area contributed by atoms with Gasteiger partial charge in [-0.15, -0.1) is 0 Å². The van der Waals surface area contributed by atoms with Crippen LogP contribution in [0.1, 0.15) is 23.2 Å². The van der Waals surface area contributed by atoms with Crippen molar-refractivity contribution in [3.05, 3.63) is 59.7 Å². The number of hydrogen-bond donors (Lipinski definition) is 1. The normalized spacial score (nSPS) is 18.6. The van der Waals surface area contributed by atoms with E-state index >= 15 is 0 Å². The first-order valence-corrected chi connectivity index (χ1v) is 8.92. The number of para-hydroxylation sites is 1. The third-order valence-electron chi connectivity index (χ3n) is 5.00. The molecule has 2 heterocycles. The number of nitrogens with zero attached hydrogens (tertiary/aromatic N) is 2. The molecule has 0 aliphatic carbocycles. The Morgan fingerprint density at radius 2 is 1.93 bits per heavy atom. The van der Waals surface area contributed by atoms with Crippen molar-refractivity contribution in [2.45, 2.75) is 18.9 Å². The van der Waals surface area contributed by atoms with Crippen LogP contribution in [-0.4, -0.2) is 41.8 Å². The summed E-state index contributed by atoms with van der Waals surface area (Å²) in [4.78, 5) is 40.9. The van der Waals surface area contributed by atoms with Crippen LogP contribution in [0.25, 0.3) is 0 Å². The molecule has 1 saturated heterocycles. The fourth-order valence-electron chi connectivity index (χ4n) is 3.69. The lowest BCUT2D eigenvalue weighted by Crippen LogP contribution is -2.47. The molecular formula is C20H17F2N3O3. The molecule has 6 nitrogen and oxygen atoms in total. The largest absolute Gasteiger partial charge is 0.327 e. The van der Waals surface area contributed by atoms with Crippen LogP contribution < -0.4 is 10.2 Å². The van der Waals surface area contributed by atoms with Gasteiger partial charge in [0.2, 0.25) is 11.8 Å². The Hall–Kier alpha value is -3.29. The van der Waals surface area contributed by atoms with Crippen LogP contribution in [0.2, 0.25) is 0 Å². The van der Waals surface area contributed by atoms with Gasteiger partial charge in [-0.25, -0.2) is 8.78 Å². The summed E-state index contributed by atoms with van der Waals surface area (Å²) in [5.41, 5.74) is 0.193. The molecule has 4 rings (SSSR count). The molecule has 2 aliphatic heterocycles. The first kappa shape index (κ1) is 18.1. The SMILES string of the molecule is O=C(CN1C(=O)[C@@H]2CCCN2C(=O)c2ccc(F)cc21)Nc1ccccc1F. The van der Waals surface area contributed by atoms with Crippen molar-refractivity contribution in [1.29, 1.82) is 0 Å². The number of benzene rings is 2. The van der Waals surface area contributed by atoms with Crippen molar-refractivity contribution in [1.82, 2.24) is 4.90 Å². The molecule has 0 bridgehead atoms. The average Bonchev–Trinajstić information content (AvgIpc) is 3.14. The minimum Gasteiger partial charge on any atom is -0.327 e. The van der Waals surface area contributed by atoms with Gasteiger partial charge in [0.25, 0.3) is 5.91 Å². The van der Waals surface area contributed by atoms with Crippen LogP contribution in [0.3, 0.4) is 0 Å². The number of anilines is 2. The lowest BCUT2D eigenvalue weighted by atomic mass is 10.1. The van der Waals surface area contributed by atoms with E-state index in [1.165, 1.54) is 29.2 Å². The van der Waals surface area contributed by atoms with Crippen molar-refractivity contribution in [3.63, 3.8) is 0 Å². The number of hydrogen-bond acceptors (Lipinski definition) is 3. The highest BCUT2D eigenvalue weighted by molar-refractivity contribution is 6.13. The predicted octanol–water partition coefficient (Wildman–Crippen LogP) is 2.55. The molecule has 3 amide bonds. The van der Waals surface area contributed by atoms with Gasteiger partial charge in [-0.2, -0.15) is 0 Å². The highest BCUT2D eigenvalue weighted by Gasteiger charge is 2.42. The number of nitrogens with one attached hydrogen (secondary N) is 1. The molecule has 2 aromatic rings. The van der Waals surface area contributed by atoms with Crippen LogP contribution in [-0.2, 0) is 9.59 Å². The Labute approximate surface area is 159 Å². The Morgan fingerprint density at radius 3 is 2.71 bits per heavy atom. The number of amides is 3. The van der Waals surface area contributed by atoms with E-state index in [1.54, 1.807) is 6.07 Å². The summed E-state index contributed by atoms with van der Waals surface area (Å²) in [6, 6.07) is 8.50. The number of carbonyl (C=O) groups excluding carboxylic acids is 3. The molecule has 1 fully saturated rings. The summed E-state index contributed by atoms with van der Waals surface area (Å²) in [5.74, 6) is -2.68. The van der Waals surface area contributed by atoms with Crippen molar-refractivity contribution >= 4 is 29.1 Å². The number of fused-ring (bicyclic) bond motifs is 2. The quantitative estimate of drug-likeness (QED) is 0.883. The van der Waals surface area contributed by atoms with Gasteiger partial charge in [0, 0.05) is 6.54 Å². The summed E-state index contributed by atoms with van der Waals surface area (Å²) < 4.78 is 27.7. The van der Waals surface area contributed by atoms with Crippen LogP contribution in [0.15, 0.2) is 42.5 Å². The molecule has 1 atom stereocenters. The van der Waals surface area contributed by atoms with Crippen LogP contribution >= 0.6 is 0 Å². The molecule has 0 radical (unpaired) electrons. The van der Waals surface area contributed by atoms with E-state index in [9.17, 15) is 23.2 Å². The number of rotatable bonds is 3. The summed E-state index contributed by atoms with van der Waals surface area (Å²) in [5, 5.41) is 2.41. The lowest BCUT2D eigenvalue weighted by Gasteiger charge is -2.25. The Bertz CT molecular complexity index is 979. The van der Waals surface area contributed by atoms with E-state index in [1.807, 2.05) is 0 Å². The topological polar surface area (TPSA) is 69.7 Å². The van der Waals surface area contributed by atoms with Crippen molar-refractivity contribution < 1.29 is 23.2 Å². The van der Waals surface area contributed by atoms with Crippen molar-refractivity contribution in [2.75, 3.05) is 23.3 Å². The molecule has 2 aromatic carbocycles. The maximum atomic E-state index is 13.9. The lowest BCUT2D eigenvalue weighted by molar-refractivity contribution is -0.124. The minimum absolute atomic E-state index is 0.0206. The molecule has 2 aliphatic rings. The molecule has 8 heteroatoms. The molecular weight excluding hydrogens is 368 g/mol. The number of halogens is 2. The molecule has 1 N–H and O–H groups in total. The van der Waals surface area contributed by atoms with Crippen LogP contribution in [0.5, 0.6) is 0 Å². The second-order valence-electron chi connectivity index (χ2n) is 6.77. The predicted molar refractivity (Wildman–Crippen MR) is 97.8 cm³/mol. The van der Waals surface area contributed by atoms with Crippen molar-refractivity contribution in [2.24, 2.45) is 0 Å². The Balaban J connectivity index is 1.68. The second kappa shape index (κ2) is 7.03. The van der Waals surface area contributed by atoms with Crippen molar-refractivity contribution in [3.8, 4) is 0 Å². The van der Waals surface area contributed by atoms with E-state index in [0.29, 0.717) is 19.4 Å². The zero-order valence-corrected chi connectivity index (χ0v) is 14.8. The van der Waals surface area contributed by atoms with Gasteiger partial charge in [-0.05, 0) is 43.2 Å². The van der Waals surface area contributed by atoms with E-state index in [4.69, 9.17) is 0 Å². The third-order valence-corrected chi connectivity index (χ3v) is 5.00. The van der Waals surface area contributed by atoms with E-state index in [0.717, 1.165) is 17.0 Å². The van der Waals surface area contributed by atoms with Crippen LogP contribution in [0.4, 0.5) is 20.2 Å². The molecule has 0 spiro atoms. The standard InChI is InChI=1S/C20H17F2N3O3/c21-12-7-8-13-17(10-12)25(20(28)16-6-3-9-24(16)19(13)27)11-18(26)23-15-5-2-1-4-14(15)22/h1-2,4-5,7-8,10,16H,3,6,9,11H2,(H,23,26)/t16-/m0/s1. The molecule has 28 heavy (non-hydrogen) atoms. The van der Waals surface area contributed by atoms with Crippen LogP contribution in [0, 0.1) is 11.6 Å². The molecule has 144 valence electrons. The maximum absolute atomic E-state index is 13.9. The average molecular weight is 385 g/mol. The van der Waals surface area contributed by atoms with Gasteiger partial charge in [0.1, 0.15) is 24.2 Å². The first-order valence-electron chi connectivity index (χ1n) is 8.92. The van der Waals surface area contributed by atoms with Gasteiger partial charge in [0.05, 0.1) is 16.9 Å². The zero-order valence-electron chi connectivity index (χ0n) is 14.8. The van der Waals surface area contributed by atoms with Gasteiger partial charge >= 0.3 is 0 Å². The van der Waals surface area contributed by atoms with E-state index in [2.05, 4.69) is 5.32 Å². The fourth-order valence-corrected chi connectivity index (χ4v) is 3.69. The van der Waals surface area contributed by atoms with Gasteiger partial charge in [-0.3, -0.25) is 14.4 Å². The van der Waals surface area contributed by atoms with Gasteiger partial charge in [-0.1, -0.05) is 12.1 Å². The third kappa shape index (κ3) is 3.11. The van der Waals surface area contributed by atoms with E-state index < -0.39 is 36.0 Å². The summed E-state index contributed by atoms with van der Waals surface area (Å²) in [6.07, 6.45) is 1.15. The molecule has 0 saturated carbocycles. The highest BCUT2D eigenvalue weighted by Crippen LogP contribution is 2.33. The fraction of sp³-hybridized carbons (Fsp3) is 0.250. The summed E-state index contributed by atoms with van der Waals surface area (Å²) in [6.45, 7) is -0.0252. The van der Waals surface area contributed by atoms with Gasteiger partial charge < -0.3 is 15.1 Å². The summed E-state index contributed by atoms with van der Waals surface area (Å²) in [7, 11) is 0. The van der Waals surface area contributed by atoms with E-state index in [-0.39, 0.29) is 22.8 Å². The zero-order chi connectivity index (χ0) is 19.8. The second-order valence-corrected chi connectivity index (χ2v) is 6.77. The summed E-state index contributed by atoms with van der Waals surface area (Å²) >= 11 is 0. The monoisotopic (exact) mass is 385 g/mol.